The van der Waals surface area contributed by atoms with Gasteiger partial charge in [0.1, 0.15) is 0 Å². The molecule has 3 heteroatoms. The first-order valence-electron chi connectivity index (χ1n) is 3.25. The van der Waals surface area contributed by atoms with Gasteiger partial charge in [0.2, 0.25) is 0 Å². The van der Waals surface area contributed by atoms with Gasteiger partial charge in [0, 0.05) is 0 Å². The van der Waals surface area contributed by atoms with Crippen LogP contribution in [0, 0.1) is 5.82 Å². The summed E-state index contributed by atoms with van der Waals surface area (Å²) in [5.74, 6) is 0.0216. The second-order valence-corrected chi connectivity index (χ2v) is 19.6. The van der Waals surface area contributed by atoms with Gasteiger partial charge < -0.3 is 0 Å². The van der Waals surface area contributed by atoms with Crippen LogP contribution in [0.15, 0.2) is 11.4 Å². The second-order valence-electron chi connectivity index (χ2n) is 3.35. The van der Waals surface area contributed by atoms with E-state index in [1.165, 1.54) is 0 Å². The zero-order valence-corrected chi connectivity index (χ0v) is 10.1. The Labute approximate surface area is 68.9 Å². The van der Waals surface area contributed by atoms with E-state index in [2.05, 4.69) is 14.8 Å². The molecule has 0 spiro atoms. The fourth-order valence-corrected chi connectivity index (χ4v) is 7.58. The molecule has 0 saturated heterocycles. The molecule has 56 valence electrons. The molecule has 0 N–H and O–H groups in total. The first-order valence-corrected chi connectivity index (χ1v) is 14.1. The van der Waals surface area contributed by atoms with Gasteiger partial charge in [-0.3, -0.25) is 0 Å². The Morgan fingerprint density at radius 3 is 2.20 bits per heavy atom. The Bertz CT molecular complexity index is 224. The van der Waals surface area contributed by atoms with Crippen LogP contribution in [-0.4, -0.2) is 18.4 Å². The van der Waals surface area contributed by atoms with Crippen LogP contribution in [0.4, 0.5) is 4.39 Å². The van der Waals surface area contributed by atoms with Crippen LogP contribution in [0.5, 0.6) is 0 Å². The molecule has 0 aromatic carbocycles. The maximum absolute atomic E-state index is 12.9. The molecule has 0 fully saturated rings. The molecule has 0 bridgehead atoms. The molecule has 0 saturated carbocycles. The molecule has 0 aliphatic heterocycles. The van der Waals surface area contributed by atoms with Crippen molar-refractivity contribution >= 4 is 32.6 Å². The standard InChI is InChI=1S/C4H2FS.3CH3.Sn/c5-4-1-2-6-3-4;;;;/h1-2H;3*1H3;. The van der Waals surface area contributed by atoms with Gasteiger partial charge in [0.15, 0.2) is 0 Å². The molecular formula is C7H11FSSn. The Kier molecular flexibility index (Phi) is 2.40. The summed E-state index contributed by atoms with van der Waals surface area (Å²) in [5, 5.41) is 1.84. The zero-order valence-electron chi connectivity index (χ0n) is 6.44. The molecule has 0 amide bonds. The van der Waals surface area contributed by atoms with E-state index in [4.69, 9.17) is 0 Å². The average Bonchev–Trinajstić information content (AvgIpc) is 2.11. The van der Waals surface area contributed by atoms with Crippen molar-refractivity contribution in [3.8, 4) is 0 Å². The van der Waals surface area contributed by atoms with Crippen molar-refractivity contribution < 1.29 is 4.39 Å². The molecule has 0 nitrogen and oxygen atoms in total. The van der Waals surface area contributed by atoms with Gasteiger partial charge in [-0.25, -0.2) is 0 Å². The van der Waals surface area contributed by atoms with Gasteiger partial charge >= 0.3 is 69.1 Å². The summed E-state index contributed by atoms with van der Waals surface area (Å²) in [4.78, 5) is 6.68. The van der Waals surface area contributed by atoms with E-state index in [1.807, 2.05) is 5.38 Å². The third-order valence-electron chi connectivity index (χ3n) is 1.30. The molecule has 0 radical (unpaired) electrons. The number of hydrogen-bond donors (Lipinski definition) is 0. The van der Waals surface area contributed by atoms with E-state index < -0.39 is 18.4 Å². The Balaban J connectivity index is 3.05. The van der Waals surface area contributed by atoms with Gasteiger partial charge in [-0.1, -0.05) is 0 Å². The fraction of sp³-hybridized carbons (Fsp3) is 0.429. The molecule has 0 aliphatic rings. The number of halogens is 1. The SMILES string of the molecule is [CH3][Sn]([CH3])([CH3])[c]1sccc1F. The quantitative estimate of drug-likeness (QED) is 0.684. The first-order chi connectivity index (χ1) is 4.52. The molecule has 1 heterocycles. The van der Waals surface area contributed by atoms with Crippen molar-refractivity contribution in [2.24, 2.45) is 0 Å². The van der Waals surface area contributed by atoms with Crippen molar-refractivity contribution in [3.63, 3.8) is 0 Å². The second kappa shape index (κ2) is 2.81. The van der Waals surface area contributed by atoms with Gasteiger partial charge in [-0.05, 0) is 0 Å². The van der Waals surface area contributed by atoms with Crippen molar-refractivity contribution in [2.45, 2.75) is 14.8 Å². The van der Waals surface area contributed by atoms with Crippen molar-refractivity contribution in [1.29, 1.82) is 0 Å². The fourth-order valence-electron chi connectivity index (χ4n) is 0.829. The molecule has 1 aromatic rings. The van der Waals surface area contributed by atoms with E-state index in [0.717, 1.165) is 2.89 Å². The Morgan fingerprint density at radius 1 is 1.40 bits per heavy atom. The topological polar surface area (TPSA) is 0 Å². The molecule has 0 aliphatic carbocycles. The van der Waals surface area contributed by atoms with Crippen molar-refractivity contribution in [3.05, 3.63) is 17.3 Å². The van der Waals surface area contributed by atoms with E-state index >= 15 is 0 Å². The molecule has 0 atom stereocenters. The van der Waals surface area contributed by atoms with Gasteiger partial charge in [-0.15, -0.1) is 0 Å². The number of hydrogen-bond acceptors (Lipinski definition) is 1. The van der Waals surface area contributed by atoms with Gasteiger partial charge in [0.05, 0.1) is 0 Å². The third-order valence-corrected chi connectivity index (χ3v) is 11.7. The number of rotatable bonds is 1. The summed E-state index contributed by atoms with van der Waals surface area (Å²) in [7, 11) is 0. The van der Waals surface area contributed by atoms with Crippen LogP contribution in [0.25, 0.3) is 0 Å². The number of thiophene rings is 1. The third kappa shape index (κ3) is 1.72. The van der Waals surface area contributed by atoms with E-state index in [1.54, 1.807) is 17.4 Å². The van der Waals surface area contributed by atoms with E-state index in [0.29, 0.717) is 0 Å². The van der Waals surface area contributed by atoms with Crippen LogP contribution in [0.3, 0.4) is 0 Å². The predicted octanol–water partition coefficient (Wildman–Crippen LogP) is 2.43. The Morgan fingerprint density at radius 2 is 2.00 bits per heavy atom. The monoisotopic (exact) mass is 266 g/mol. The summed E-state index contributed by atoms with van der Waals surface area (Å²) in [6.07, 6.45) is 0. The summed E-state index contributed by atoms with van der Waals surface area (Å²) in [6, 6.07) is 1.57. The minimum atomic E-state index is -2.07. The summed E-state index contributed by atoms with van der Waals surface area (Å²) in [5.41, 5.74) is 0. The van der Waals surface area contributed by atoms with Gasteiger partial charge in [-0.2, -0.15) is 0 Å². The van der Waals surface area contributed by atoms with Crippen LogP contribution >= 0.6 is 11.3 Å². The Hall–Kier alpha value is 0.429. The predicted molar refractivity (Wildman–Crippen MR) is 47.3 cm³/mol. The van der Waals surface area contributed by atoms with Crippen LogP contribution in [0.2, 0.25) is 14.8 Å². The maximum atomic E-state index is 12.9. The average molecular weight is 265 g/mol. The minimum absolute atomic E-state index is 0.0216. The normalized spacial score (nSPS) is 12.0. The summed E-state index contributed by atoms with van der Waals surface area (Å²) in [6.45, 7) is 0. The van der Waals surface area contributed by atoms with E-state index in [9.17, 15) is 4.39 Å². The molecule has 1 aromatic heterocycles. The van der Waals surface area contributed by atoms with Crippen LogP contribution in [-0.2, 0) is 0 Å². The summed E-state index contributed by atoms with van der Waals surface area (Å²) >= 11 is -0.493. The first kappa shape index (κ1) is 8.52. The zero-order chi connectivity index (χ0) is 7.78. The van der Waals surface area contributed by atoms with Crippen molar-refractivity contribution in [2.75, 3.05) is 0 Å². The van der Waals surface area contributed by atoms with Crippen molar-refractivity contribution in [1.82, 2.24) is 0 Å². The van der Waals surface area contributed by atoms with Crippen LogP contribution in [0.1, 0.15) is 0 Å². The van der Waals surface area contributed by atoms with Crippen LogP contribution < -0.4 is 2.89 Å². The molecule has 1 rings (SSSR count). The molecular weight excluding hydrogens is 254 g/mol. The van der Waals surface area contributed by atoms with E-state index in [-0.39, 0.29) is 5.82 Å². The van der Waals surface area contributed by atoms with Gasteiger partial charge in [0.25, 0.3) is 0 Å². The molecule has 0 unspecified atom stereocenters. The molecule has 10 heavy (non-hydrogen) atoms. The summed E-state index contributed by atoms with van der Waals surface area (Å²) < 4.78 is 14.0.